The summed E-state index contributed by atoms with van der Waals surface area (Å²) in [4.78, 5) is 13.5. The van der Waals surface area contributed by atoms with E-state index in [2.05, 4.69) is 31.0 Å². The predicted molar refractivity (Wildman–Crippen MR) is 83.9 cm³/mol. The van der Waals surface area contributed by atoms with E-state index in [0.717, 1.165) is 17.7 Å². The van der Waals surface area contributed by atoms with Gasteiger partial charge in [0.15, 0.2) is 0 Å². The Hall–Kier alpha value is -1.31. The molecule has 0 bridgehead atoms. The van der Waals surface area contributed by atoms with Gasteiger partial charge in [0, 0.05) is 6.04 Å². The van der Waals surface area contributed by atoms with E-state index in [1.807, 2.05) is 13.0 Å². The van der Waals surface area contributed by atoms with Gasteiger partial charge in [0.05, 0.1) is 9.75 Å². The summed E-state index contributed by atoms with van der Waals surface area (Å²) >= 11 is 1.35. The summed E-state index contributed by atoms with van der Waals surface area (Å²) in [6.45, 7) is 6.30. The minimum Gasteiger partial charge on any atom is -0.384 e. The van der Waals surface area contributed by atoms with Crippen molar-refractivity contribution in [1.82, 2.24) is 5.32 Å². The van der Waals surface area contributed by atoms with Crippen molar-refractivity contribution >= 4 is 17.2 Å². The van der Waals surface area contributed by atoms with Gasteiger partial charge in [-0.15, -0.1) is 11.3 Å². The molecule has 3 nitrogen and oxygen atoms in total. The monoisotopic (exact) mass is 293 g/mol. The van der Waals surface area contributed by atoms with Crippen LogP contribution in [0, 0.1) is 17.8 Å². The first-order chi connectivity index (χ1) is 9.52. The highest BCUT2D eigenvalue weighted by atomic mass is 32.1. The smallest absolute Gasteiger partial charge is 0.261 e. The lowest BCUT2D eigenvalue weighted by molar-refractivity contribution is 0.0942. The molecule has 1 heterocycles. The maximum absolute atomic E-state index is 12.0. The standard InChI is InChI=1S/C16H23NO2S/c1-12(2)6-4-7-13(3)17-16(19)15-10-9-14(20-15)8-5-11-18/h9-10,12-13,18H,4,6-7,11H2,1-3H3,(H,17,19). The van der Waals surface area contributed by atoms with Crippen LogP contribution in [0.15, 0.2) is 12.1 Å². The van der Waals surface area contributed by atoms with Crippen LogP contribution in [-0.4, -0.2) is 23.7 Å². The van der Waals surface area contributed by atoms with Gasteiger partial charge >= 0.3 is 0 Å². The minimum absolute atomic E-state index is 0.0379. The number of hydrogen-bond acceptors (Lipinski definition) is 3. The van der Waals surface area contributed by atoms with Gasteiger partial charge in [-0.1, -0.05) is 38.5 Å². The number of carbonyl (C=O) groups excluding carboxylic acids is 1. The molecule has 20 heavy (non-hydrogen) atoms. The molecule has 0 aliphatic rings. The van der Waals surface area contributed by atoms with Gasteiger partial charge in [-0.2, -0.15) is 0 Å². The van der Waals surface area contributed by atoms with Crippen molar-refractivity contribution in [2.45, 2.75) is 46.1 Å². The van der Waals surface area contributed by atoms with Gasteiger partial charge in [-0.25, -0.2) is 0 Å². The van der Waals surface area contributed by atoms with Crippen molar-refractivity contribution in [2.75, 3.05) is 6.61 Å². The van der Waals surface area contributed by atoms with Crippen LogP contribution in [0.5, 0.6) is 0 Å². The lowest BCUT2D eigenvalue weighted by Crippen LogP contribution is -2.31. The van der Waals surface area contributed by atoms with Gasteiger partial charge in [0.25, 0.3) is 5.91 Å². The lowest BCUT2D eigenvalue weighted by atomic mass is 10.0. The first-order valence-corrected chi connectivity index (χ1v) is 7.85. The maximum Gasteiger partial charge on any atom is 0.261 e. The SMILES string of the molecule is CC(C)CCCC(C)NC(=O)c1ccc(C#CCO)s1. The zero-order valence-corrected chi connectivity index (χ0v) is 13.2. The van der Waals surface area contributed by atoms with Crippen molar-refractivity contribution in [3.8, 4) is 11.8 Å². The van der Waals surface area contributed by atoms with Gasteiger partial charge in [0.2, 0.25) is 0 Å². The van der Waals surface area contributed by atoms with Crippen molar-refractivity contribution in [3.63, 3.8) is 0 Å². The summed E-state index contributed by atoms with van der Waals surface area (Å²) < 4.78 is 0. The summed E-state index contributed by atoms with van der Waals surface area (Å²) in [7, 11) is 0. The normalized spacial score (nSPS) is 11.8. The van der Waals surface area contributed by atoms with Gasteiger partial charge in [0.1, 0.15) is 6.61 Å². The van der Waals surface area contributed by atoms with Crippen LogP contribution in [0.2, 0.25) is 0 Å². The fourth-order valence-electron chi connectivity index (χ4n) is 1.85. The Bertz CT molecular complexity index is 482. The van der Waals surface area contributed by atoms with Crippen molar-refractivity contribution in [2.24, 2.45) is 5.92 Å². The molecule has 1 unspecified atom stereocenters. The van der Waals surface area contributed by atoms with E-state index < -0.39 is 0 Å². The molecule has 0 fully saturated rings. The number of amides is 1. The highest BCUT2D eigenvalue weighted by Gasteiger charge is 2.11. The number of carbonyl (C=O) groups is 1. The fraction of sp³-hybridized carbons (Fsp3) is 0.562. The number of aliphatic hydroxyl groups is 1. The summed E-state index contributed by atoms with van der Waals surface area (Å²) in [5, 5.41) is 11.6. The summed E-state index contributed by atoms with van der Waals surface area (Å²) in [6, 6.07) is 3.78. The molecule has 1 amide bonds. The van der Waals surface area contributed by atoms with E-state index in [4.69, 9.17) is 5.11 Å². The number of nitrogens with one attached hydrogen (secondary N) is 1. The molecule has 1 rings (SSSR count). The van der Waals surface area contributed by atoms with Crippen molar-refractivity contribution < 1.29 is 9.90 Å². The average Bonchev–Trinajstić information content (AvgIpc) is 2.84. The van der Waals surface area contributed by atoms with Crippen molar-refractivity contribution in [1.29, 1.82) is 0 Å². The van der Waals surface area contributed by atoms with E-state index in [0.29, 0.717) is 10.8 Å². The molecule has 1 atom stereocenters. The molecule has 0 saturated carbocycles. The Morgan fingerprint density at radius 2 is 2.10 bits per heavy atom. The molecule has 4 heteroatoms. The average molecular weight is 293 g/mol. The van der Waals surface area contributed by atoms with E-state index in [1.54, 1.807) is 6.07 Å². The molecule has 1 aromatic heterocycles. The van der Waals surface area contributed by atoms with E-state index in [9.17, 15) is 4.79 Å². The Kier molecular flexibility index (Phi) is 7.35. The van der Waals surface area contributed by atoms with Crippen molar-refractivity contribution in [3.05, 3.63) is 21.9 Å². The van der Waals surface area contributed by atoms with Gasteiger partial charge in [-0.05, 0) is 31.4 Å². The van der Waals surface area contributed by atoms with E-state index in [-0.39, 0.29) is 18.6 Å². The Balaban J connectivity index is 2.43. The third-order valence-corrected chi connectivity index (χ3v) is 3.92. The van der Waals surface area contributed by atoms with Crippen LogP contribution in [0.3, 0.4) is 0 Å². The number of aliphatic hydroxyl groups excluding tert-OH is 1. The highest BCUT2D eigenvalue weighted by molar-refractivity contribution is 7.14. The predicted octanol–water partition coefficient (Wildman–Crippen LogP) is 3.04. The quantitative estimate of drug-likeness (QED) is 0.792. The largest absolute Gasteiger partial charge is 0.384 e. The molecule has 2 N–H and O–H groups in total. The Labute approximate surface area is 125 Å². The summed E-state index contributed by atoms with van der Waals surface area (Å²) in [5.41, 5.74) is 0. The summed E-state index contributed by atoms with van der Waals surface area (Å²) in [6.07, 6.45) is 3.34. The molecular weight excluding hydrogens is 270 g/mol. The zero-order chi connectivity index (χ0) is 15.0. The van der Waals surface area contributed by atoms with Crippen LogP contribution in [0.4, 0.5) is 0 Å². The van der Waals surface area contributed by atoms with Crippen LogP contribution >= 0.6 is 11.3 Å². The molecule has 0 spiro atoms. The third-order valence-electron chi connectivity index (χ3n) is 2.92. The molecule has 0 aliphatic carbocycles. The van der Waals surface area contributed by atoms with Gasteiger partial charge in [-0.3, -0.25) is 4.79 Å². The second kappa shape index (κ2) is 8.78. The topological polar surface area (TPSA) is 49.3 Å². The second-order valence-electron chi connectivity index (χ2n) is 5.32. The molecule has 0 saturated heterocycles. The minimum atomic E-state index is -0.160. The van der Waals surface area contributed by atoms with E-state index >= 15 is 0 Å². The van der Waals surface area contributed by atoms with E-state index in [1.165, 1.54) is 17.8 Å². The van der Waals surface area contributed by atoms with Crippen LogP contribution in [-0.2, 0) is 0 Å². The third kappa shape index (κ3) is 6.23. The first-order valence-electron chi connectivity index (χ1n) is 7.03. The maximum atomic E-state index is 12.0. The second-order valence-corrected chi connectivity index (χ2v) is 6.41. The Morgan fingerprint density at radius 3 is 2.75 bits per heavy atom. The number of hydrogen-bond donors (Lipinski definition) is 2. The molecule has 1 aromatic rings. The molecule has 110 valence electrons. The Morgan fingerprint density at radius 1 is 1.35 bits per heavy atom. The fourth-order valence-corrected chi connectivity index (χ4v) is 2.64. The molecule has 0 radical (unpaired) electrons. The molecule has 0 aliphatic heterocycles. The highest BCUT2D eigenvalue weighted by Crippen LogP contribution is 2.16. The number of rotatable bonds is 6. The molecular formula is C16H23NO2S. The summed E-state index contributed by atoms with van der Waals surface area (Å²) in [5.74, 6) is 6.06. The van der Waals surface area contributed by atoms with Crippen LogP contribution in [0.25, 0.3) is 0 Å². The van der Waals surface area contributed by atoms with Gasteiger partial charge < -0.3 is 10.4 Å². The van der Waals surface area contributed by atoms with Crippen LogP contribution < -0.4 is 5.32 Å². The van der Waals surface area contributed by atoms with Crippen LogP contribution in [0.1, 0.15) is 54.6 Å². The number of thiophene rings is 1. The molecule has 0 aromatic carbocycles. The lowest BCUT2D eigenvalue weighted by Gasteiger charge is -2.13. The first kappa shape index (κ1) is 16.7. The zero-order valence-electron chi connectivity index (χ0n) is 12.4.